The van der Waals surface area contributed by atoms with Crippen molar-refractivity contribution in [1.29, 1.82) is 0 Å². The summed E-state index contributed by atoms with van der Waals surface area (Å²) in [5, 5.41) is 3.78. The molecule has 0 atom stereocenters. The molecule has 0 bridgehead atoms. The molecule has 0 aliphatic carbocycles. The Labute approximate surface area is 164 Å². The maximum Gasteiger partial charge on any atom is 0.196 e. The maximum absolute atomic E-state index is 5.99. The van der Waals surface area contributed by atoms with E-state index in [0.29, 0.717) is 16.7 Å². The van der Waals surface area contributed by atoms with Crippen molar-refractivity contribution in [1.82, 2.24) is 24.3 Å². The van der Waals surface area contributed by atoms with Crippen LogP contribution in [0.5, 0.6) is 0 Å². The van der Waals surface area contributed by atoms with Gasteiger partial charge in [0.05, 0.1) is 27.0 Å². The summed E-state index contributed by atoms with van der Waals surface area (Å²) >= 11 is 5.99. The highest BCUT2D eigenvalue weighted by atomic mass is 35.5. The second kappa shape index (κ2) is 5.71. The number of para-hydroxylation sites is 2. The molecule has 6 rings (SSSR count). The molecule has 3 aromatic heterocycles. The zero-order valence-corrected chi connectivity index (χ0v) is 15.3. The highest BCUT2D eigenvalue weighted by Gasteiger charge is 2.18. The first-order valence-corrected chi connectivity index (χ1v) is 9.24. The Balaban J connectivity index is 1.88. The third-order valence-electron chi connectivity index (χ3n) is 4.95. The smallest absolute Gasteiger partial charge is 0.196 e. The van der Waals surface area contributed by atoms with Crippen LogP contribution in [-0.4, -0.2) is 24.3 Å². The lowest BCUT2D eigenvalue weighted by Crippen LogP contribution is -2.01. The van der Waals surface area contributed by atoms with Crippen LogP contribution in [0.4, 0.5) is 0 Å². The van der Waals surface area contributed by atoms with E-state index in [1.165, 1.54) is 0 Å². The highest BCUT2D eigenvalue weighted by Crippen LogP contribution is 2.32. The number of hydrogen-bond donors (Lipinski definition) is 0. The highest BCUT2D eigenvalue weighted by molar-refractivity contribution is 6.30. The Morgan fingerprint density at radius 3 is 2.43 bits per heavy atom. The van der Waals surface area contributed by atoms with Crippen molar-refractivity contribution in [3.8, 4) is 11.6 Å². The van der Waals surface area contributed by atoms with Crippen LogP contribution in [0.1, 0.15) is 0 Å². The minimum atomic E-state index is 0.488. The van der Waals surface area contributed by atoms with Crippen molar-refractivity contribution < 1.29 is 0 Å². The number of rotatable bonds is 1. The maximum atomic E-state index is 5.99. The third kappa shape index (κ3) is 2.14. The first-order chi connectivity index (χ1) is 13.8. The van der Waals surface area contributed by atoms with Crippen LogP contribution in [0.25, 0.3) is 50.0 Å². The number of halogens is 1. The summed E-state index contributed by atoms with van der Waals surface area (Å²) in [7, 11) is 0. The average molecular weight is 382 g/mol. The van der Waals surface area contributed by atoms with E-state index in [4.69, 9.17) is 21.6 Å². The van der Waals surface area contributed by atoms with Gasteiger partial charge >= 0.3 is 0 Å². The molecule has 0 radical (unpaired) electrons. The van der Waals surface area contributed by atoms with Gasteiger partial charge in [-0.05, 0) is 29.0 Å². The predicted octanol–water partition coefficient (Wildman–Crippen LogP) is 5.30. The SMILES string of the molecule is Clc1cnc(-c2nc3ccc4ccccc4c3c3nc4ccccc4n23)nc1. The van der Waals surface area contributed by atoms with Crippen molar-refractivity contribution in [3.63, 3.8) is 0 Å². The molecule has 132 valence electrons. The van der Waals surface area contributed by atoms with E-state index < -0.39 is 0 Å². The molecule has 0 aliphatic heterocycles. The van der Waals surface area contributed by atoms with Gasteiger partial charge in [-0.1, -0.05) is 54.1 Å². The molecular weight excluding hydrogens is 370 g/mol. The second-order valence-electron chi connectivity index (χ2n) is 6.60. The molecule has 0 saturated heterocycles. The van der Waals surface area contributed by atoms with Crippen molar-refractivity contribution in [2.45, 2.75) is 0 Å². The number of hydrogen-bond acceptors (Lipinski definition) is 4. The Morgan fingerprint density at radius 1 is 0.750 bits per heavy atom. The van der Waals surface area contributed by atoms with Crippen LogP contribution < -0.4 is 0 Å². The van der Waals surface area contributed by atoms with Gasteiger partial charge in [-0.25, -0.2) is 19.9 Å². The molecule has 0 spiro atoms. The quantitative estimate of drug-likeness (QED) is 0.363. The number of aromatic nitrogens is 5. The lowest BCUT2D eigenvalue weighted by atomic mass is 10.1. The molecule has 0 N–H and O–H groups in total. The van der Waals surface area contributed by atoms with Crippen LogP contribution in [0.3, 0.4) is 0 Å². The number of nitrogens with zero attached hydrogens (tertiary/aromatic N) is 5. The minimum Gasteiger partial charge on any atom is -0.273 e. The van der Waals surface area contributed by atoms with E-state index in [1.807, 2.05) is 46.9 Å². The van der Waals surface area contributed by atoms with E-state index >= 15 is 0 Å². The van der Waals surface area contributed by atoms with Gasteiger partial charge in [-0.2, -0.15) is 0 Å². The van der Waals surface area contributed by atoms with Crippen LogP contribution in [-0.2, 0) is 0 Å². The van der Waals surface area contributed by atoms with Crippen LogP contribution in [0, 0.1) is 0 Å². The molecule has 3 aromatic carbocycles. The molecule has 6 aromatic rings. The summed E-state index contributed by atoms with van der Waals surface area (Å²) in [5.41, 5.74) is 3.57. The van der Waals surface area contributed by atoms with Crippen LogP contribution in [0.2, 0.25) is 5.02 Å². The zero-order chi connectivity index (χ0) is 18.7. The molecular formula is C22H12ClN5. The topological polar surface area (TPSA) is 56.0 Å². The largest absolute Gasteiger partial charge is 0.273 e. The summed E-state index contributed by atoms with van der Waals surface area (Å²) in [6.07, 6.45) is 3.17. The summed E-state index contributed by atoms with van der Waals surface area (Å²) in [4.78, 5) is 18.7. The van der Waals surface area contributed by atoms with Gasteiger partial charge in [-0.15, -0.1) is 0 Å². The van der Waals surface area contributed by atoms with E-state index in [-0.39, 0.29) is 0 Å². The minimum absolute atomic E-state index is 0.488. The molecule has 0 fully saturated rings. The first kappa shape index (κ1) is 15.5. The van der Waals surface area contributed by atoms with Gasteiger partial charge in [0.1, 0.15) is 5.65 Å². The van der Waals surface area contributed by atoms with Crippen molar-refractivity contribution >= 4 is 50.0 Å². The van der Waals surface area contributed by atoms with E-state index in [0.717, 1.165) is 38.4 Å². The van der Waals surface area contributed by atoms with Gasteiger partial charge in [0.2, 0.25) is 0 Å². The van der Waals surface area contributed by atoms with Crippen molar-refractivity contribution in [2.75, 3.05) is 0 Å². The van der Waals surface area contributed by atoms with E-state index in [9.17, 15) is 0 Å². The van der Waals surface area contributed by atoms with Crippen molar-refractivity contribution in [3.05, 3.63) is 78.1 Å². The fourth-order valence-electron chi connectivity index (χ4n) is 3.74. The Bertz CT molecular complexity index is 1520. The predicted molar refractivity (Wildman–Crippen MR) is 112 cm³/mol. The van der Waals surface area contributed by atoms with E-state index in [2.05, 4.69) is 28.2 Å². The molecule has 28 heavy (non-hydrogen) atoms. The van der Waals surface area contributed by atoms with Gasteiger partial charge < -0.3 is 0 Å². The fourth-order valence-corrected chi connectivity index (χ4v) is 3.84. The van der Waals surface area contributed by atoms with E-state index in [1.54, 1.807) is 12.4 Å². The van der Waals surface area contributed by atoms with Gasteiger partial charge in [0.15, 0.2) is 11.6 Å². The van der Waals surface area contributed by atoms with Crippen molar-refractivity contribution in [2.24, 2.45) is 0 Å². The molecule has 0 amide bonds. The first-order valence-electron chi connectivity index (χ1n) is 8.86. The Hall–Kier alpha value is -3.57. The molecule has 0 aliphatic rings. The monoisotopic (exact) mass is 381 g/mol. The van der Waals surface area contributed by atoms with Gasteiger partial charge in [0, 0.05) is 12.4 Å². The third-order valence-corrected chi connectivity index (χ3v) is 5.15. The van der Waals surface area contributed by atoms with Gasteiger partial charge in [-0.3, -0.25) is 4.40 Å². The lowest BCUT2D eigenvalue weighted by Gasteiger charge is -2.10. The summed E-state index contributed by atoms with van der Waals surface area (Å²) in [5.74, 6) is 1.15. The summed E-state index contributed by atoms with van der Waals surface area (Å²) in [6, 6.07) is 20.4. The lowest BCUT2D eigenvalue weighted by molar-refractivity contribution is 1.07. The molecule has 0 unspecified atom stereocenters. The zero-order valence-electron chi connectivity index (χ0n) is 14.5. The van der Waals surface area contributed by atoms with Crippen LogP contribution >= 0.6 is 11.6 Å². The number of imidazole rings is 1. The normalized spacial score (nSPS) is 11.8. The molecule has 3 heterocycles. The molecule has 0 saturated carbocycles. The fraction of sp³-hybridized carbons (Fsp3) is 0. The summed E-state index contributed by atoms with van der Waals surface area (Å²) in [6.45, 7) is 0. The summed E-state index contributed by atoms with van der Waals surface area (Å²) < 4.78 is 2.04. The average Bonchev–Trinajstić information content (AvgIpc) is 3.13. The van der Waals surface area contributed by atoms with Gasteiger partial charge in [0.25, 0.3) is 0 Å². The second-order valence-corrected chi connectivity index (χ2v) is 7.04. The Kier molecular flexibility index (Phi) is 3.16. The molecule has 6 heteroatoms. The molecule has 5 nitrogen and oxygen atoms in total. The number of fused-ring (bicyclic) bond motifs is 7. The number of benzene rings is 3. The van der Waals surface area contributed by atoms with Crippen LogP contribution in [0.15, 0.2) is 73.1 Å². The Morgan fingerprint density at radius 2 is 1.54 bits per heavy atom. The standard InChI is InChI=1S/C22H12ClN5/c23-14-11-24-20(25-12-14)22-27-17-10-9-13-5-1-2-6-15(13)19(17)21-26-16-7-3-4-8-18(16)28(21)22/h1-12H.